The minimum Gasteiger partial charge on any atom is -0.503 e. The number of hydrogen-bond donors (Lipinski definition) is 2. The Morgan fingerprint density at radius 3 is 2.63 bits per heavy atom. The van der Waals surface area contributed by atoms with Crippen LogP contribution in [0.3, 0.4) is 0 Å². The number of carbonyl (C=O) groups excluding carboxylic acids is 1. The van der Waals surface area contributed by atoms with E-state index >= 15 is 0 Å². The smallest absolute Gasteiger partial charge is 0.254 e. The molecule has 0 aliphatic heterocycles. The monoisotopic (exact) mass is 297 g/mol. The van der Waals surface area contributed by atoms with Crippen LogP contribution in [0.5, 0.6) is 5.75 Å². The van der Waals surface area contributed by atoms with E-state index in [0.29, 0.717) is 6.07 Å². The minimum absolute atomic E-state index is 0.0170. The van der Waals surface area contributed by atoms with Crippen molar-refractivity contribution < 1.29 is 27.8 Å². The second kappa shape index (κ2) is 6.63. The van der Waals surface area contributed by atoms with Crippen molar-refractivity contribution in [2.45, 2.75) is 6.04 Å². The SMILES string of the molecule is COCC(CCl)NC(=O)c1cc(F)c(F)c(O)c1F. The third-order valence-corrected chi connectivity index (χ3v) is 2.64. The first-order chi connectivity index (χ1) is 8.92. The van der Waals surface area contributed by atoms with Crippen LogP contribution in [0.1, 0.15) is 10.4 Å². The van der Waals surface area contributed by atoms with Crippen LogP contribution in [0.25, 0.3) is 0 Å². The molecule has 1 aromatic rings. The van der Waals surface area contributed by atoms with Crippen molar-refractivity contribution in [3.63, 3.8) is 0 Å². The highest BCUT2D eigenvalue weighted by atomic mass is 35.5. The van der Waals surface area contributed by atoms with E-state index in [-0.39, 0.29) is 12.5 Å². The summed E-state index contributed by atoms with van der Waals surface area (Å²) in [6, 6.07) is -0.272. The van der Waals surface area contributed by atoms with Gasteiger partial charge in [-0.2, -0.15) is 4.39 Å². The molecule has 0 fully saturated rings. The molecule has 0 heterocycles. The molecular weight excluding hydrogens is 287 g/mol. The number of carbonyl (C=O) groups is 1. The molecule has 1 rings (SSSR count). The van der Waals surface area contributed by atoms with E-state index in [1.54, 1.807) is 0 Å². The summed E-state index contributed by atoms with van der Waals surface area (Å²) >= 11 is 5.53. The van der Waals surface area contributed by atoms with Gasteiger partial charge in [-0.15, -0.1) is 11.6 Å². The van der Waals surface area contributed by atoms with Gasteiger partial charge in [0.1, 0.15) is 0 Å². The second-order valence-corrected chi connectivity index (χ2v) is 3.97. The number of halogens is 4. The number of ether oxygens (including phenoxy) is 1. The number of hydrogen-bond acceptors (Lipinski definition) is 3. The van der Waals surface area contributed by atoms with E-state index < -0.39 is 40.7 Å². The fourth-order valence-electron chi connectivity index (χ4n) is 1.34. The number of alkyl halides is 1. The Bertz CT molecular complexity index is 485. The molecule has 0 aromatic heterocycles. The number of phenols is 1. The first kappa shape index (κ1) is 15.6. The Balaban J connectivity index is 3.00. The third-order valence-electron chi connectivity index (χ3n) is 2.27. The number of phenolic OH excluding ortho intramolecular Hbond substituents is 1. The Morgan fingerprint density at radius 2 is 2.11 bits per heavy atom. The molecule has 0 aliphatic rings. The molecule has 8 heteroatoms. The van der Waals surface area contributed by atoms with Gasteiger partial charge >= 0.3 is 0 Å². The van der Waals surface area contributed by atoms with Crippen LogP contribution in [0.4, 0.5) is 13.2 Å². The molecule has 0 saturated heterocycles. The van der Waals surface area contributed by atoms with E-state index in [2.05, 4.69) is 5.32 Å². The van der Waals surface area contributed by atoms with Crippen LogP contribution in [-0.2, 0) is 4.74 Å². The van der Waals surface area contributed by atoms with Gasteiger partial charge in [0.2, 0.25) is 5.82 Å². The second-order valence-electron chi connectivity index (χ2n) is 3.66. The number of benzene rings is 1. The average Bonchev–Trinajstić information content (AvgIpc) is 2.39. The van der Waals surface area contributed by atoms with E-state index in [1.807, 2.05) is 0 Å². The molecule has 1 amide bonds. The van der Waals surface area contributed by atoms with E-state index in [4.69, 9.17) is 21.4 Å². The lowest BCUT2D eigenvalue weighted by atomic mass is 10.1. The standard InChI is InChI=1S/C11H11ClF3NO3/c1-19-4-5(3-12)16-11(18)6-2-7(13)9(15)10(17)8(6)14/h2,5,17H,3-4H2,1H3,(H,16,18). The summed E-state index contributed by atoms with van der Waals surface area (Å²) in [4.78, 5) is 11.7. The van der Waals surface area contributed by atoms with E-state index in [0.717, 1.165) is 0 Å². The number of aromatic hydroxyl groups is 1. The summed E-state index contributed by atoms with van der Waals surface area (Å²) in [6.45, 7) is 0.0620. The zero-order valence-electron chi connectivity index (χ0n) is 9.84. The molecule has 106 valence electrons. The van der Waals surface area contributed by atoms with Gasteiger partial charge < -0.3 is 15.2 Å². The van der Waals surface area contributed by atoms with Gasteiger partial charge in [-0.1, -0.05) is 0 Å². The first-order valence-corrected chi connectivity index (χ1v) is 5.68. The highest BCUT2D eigenvalue weighted by Gasteiger charge is 2.23. The zero-order chi connectivity index (χ0) is 14.6. The van der Waals surface area contributed by atoms with E-state index in [9.17, 15) is 18.0 Å². The Labute approximate surface area is 112 Å². The van der Waals surface area contributed by atoms with Crippen LogP contribution >= 0.6 is 11.6 Å². The molecule has 1 unspecified atom stereocenters. The van der Waals surface area contributed by atoms with Crippen molar-refractivity contribution >= 4 is 17.5 Å². The predicted molar refractivity (Wildman–Crippen MR) is 61.8 cm³/mol. The van der Waals surface area contributed by atoms with Crippen molar-refractivity contribution in [2.75, 3.05) is 19.6 Å². The molecular formula is C11H11ClF3NO3. The Kier molecular flexibility index (Phi) is 5.44. The first-order valence-electron chi connectivity index (χ1n) is 5.14. The van der Waals surface area contributed by atoms with Crippen molar-refractivity contribution in [1.29, 1.82) is 0 Å². The summed E-state index contributed by atoms with van der Waals surface area (Å²) in [5.74, 6) is -7.41. The van der Waals surface area contributed by atoms with Crippen molar-refractivity contribution in [1.82, 2.24) is 5.32 Å². The molecule has 2 N–H and O–H groups in total. The fourth-order valence-corrected chi connectivity index (χ4v) is 1.51. The summed E-state index contributed by atoms with van der Waals surface area (Å²) in [7, 11) is 1.37. The number of amides is 1. The van der Waals surface area contributed by atoms with Crippen molar-refractivity contribution in [2.24, 2.45) is 0 Å². The molecule has 0 spiro atoms. The van der Waals surface area contributed by atoms with Crippen molar-refractivity contribution in [3.8, 4) is 5.75 Å². The number of methoxy groups -OCH3 is 1. The normalized spacial score (nSPS) is 12.3. The van der Waals surface area contributed by atoms with Gasteiger partial charge in [0.15, 0.2) is 17.4 Å². The summed E-state index contributed by atoms with van der Waals surface area (Å²) in [6.07, 6.45) is 0. The lowest BCUT2D eigenvalue weighted by Crippen LogP contribution is -2.39. The third kappa shape index (κ3) is 3.51. The van der Waals surface area contributed by atoms with Crippen LogP contribution in [0.15, 0.2) is 6.07 Å². The highest BCUT2D eigenvalue weighted by Crippen LogP contribution is 2.25. The van der Waals surface area contributed by atoms with Gasteiger partial charge in [-0.05, 0) is 6.07 Å². The lowest BCUT2D eigenvalue weighted by Gasteiger charge is -2.15. The molecule has 4 nitrogen and oxygen atoms in total. The van der Waals surface area contributed by atoms with Crippen LogP contribution in [-0.4, -0.2) is 36.7 Å². The molecule has 1 aromatic carbocycles. The van der Waals surface area contributed by atoms with Gasteiger partial charge in [-0.25, -0.2) is 8.78 Å². The predicted octanol–water partition coefficient (Wildman–Crippen LogP) is 1.79. The van der Waals surface area contributed by atoms with Crippen molar-refractivity contribution in [3.05, 3.63) is 29.1 Å². The number of nitrogens with one attached hydrogen (secondary N) is 1. The lowest BCUT2D eigenvalue weighted by molar-refractivity contribution is 0.0901. The highest BCUT2D eigenvalue weighted by molar-refractivity contribution is 6.18. The quantitative estimate of drug-likeness (QED) is 0.643. The minimum atomic E-state index is -1.75. The van der Waals surface area contributed by atoms with Gasteiger partial charge in [0, 0.05) is 13.0 Å². The largest absolute Gasteiger partial charge is 0.503 e. The Morgan fingerprint density at radius 1 is 1.47 bits per heavy atom. The molecule has 1 atom stereocenters. The summed E-state index contributed by atoms with van der Waals surface area (Å²) < 4.78 is 44.1. The topological polar surface area (TPSA) is 58.6 Å². The molecule has 0 bridgehead atoms. The fraction of sp³-hybridized carbons (Fsp3) is 0.364. The number of rotatable bonds is 5. The molecule has 19 heavy (non-hydrogen) atoms. The summed E-state index contributed by atoms with van der Waals surface area (Å²) in [5, 5.41) is 11.3. The average molecular weight is 298 g/mol. The molecule has 0 radical (unpaired) electrons. The summed E-state index contributed by atoms with van der Waals surface area (Å²) in [5.41, 5.74) is -0.817. The maximum Gasteiger partial charge on any atom is 0.254 e. The molecule has 0 aliphatic carbocycles. The van der Waals surface area contributed by atoms with Gasteiger partial charge in [0.05, 0.1) is 18.2 Å². The molecule has 0 saturated carbocycles. The van der Waals surface area contributed by atoms with Crippen LogP contribution < -0.4 is 5.32 Å². The van der Waals surface area contributed by atoms with Crippen LogP contribution in [0, 0.1) is 17.5 Å². The van der Waals surface area contributed by atoms with Gasteiger partial charge in [-0.3, -0.25) is 4.79 Å². The van der Waals surface area contributed by atoms with Gasteiger partial charge in [0.25, 0.3) is 5.91 Å². The maximum atomic E-state index is 13.5. The van der Waals surface area contributed by atoms with E-state index in [1.165, 1.54) is 7.11 Å². The maximum absolute atomic E-state index is 13.5. The Hall–Kier alpha value is -1.47. The zero-order valence-corrected chi connectivity index (χ0v) is 10.6. The van der Waals surface area contributed by atoms with Crippen LogP contribution in [0.2, 0.25) is 0 Å².